The van der Waals surface area contributed by atoms with Crippen LogP contribution in [0, 0.1) is 6.92 Å². The van der Waals surface area contributed by atoms with Gasteiger partial charge in [0.15, 0.2) is 11.5 Å². The largest absolute Gasteiger partial charge is 0.507 e. The van der Waals surface area contributed by atoms with E-state index in [9.17, 15) is 14.7 Å². The number of hydrogen-bond acceptors (Lipinski definition) is 7. The second-order valence-electron chi connectivity index (χ2n) is 11.6. The molecule has 0 aromatic heterocycles. The van der Waals surface area contributed by atoms with Crippen LogP contribution in [0.2, 0.25) is 0 Å². The molecule has 1 fully saturated rings. The van der Waals surface area contributed by atoms with Gasteiger partial charge in [-0.2, -0.15) is 0 Å². The molecule has 4 aromatic rings. The summed E-state index contributed by atoms with van der Waals surface area (Å²) in [4.78, 5) is 30.5. The van der Waals surface area contributed by atoms with Crippen molar-refractivity contribution in [3.05, 3.63) is 130 Å². The number of Topliss-reactive ketones (excluding diaryl/α,β-unsaturated/α-hetero) is 1. The normalized spacial score (nSPS) is 15.8. The third kappa shape index (κ3) is 7.41. The molecule has 4 aromatic carbocycles. The molecule has 1 unspecified atom stereocenters. The van der Waals surface area contributed by atoms with E-state index in [1.54, 1.807) is 43.5 Å². The molecule has 1 heterocycles. The van der Waals surface area contributed by atoms with Crippen LogP contribution < -0.4 is 14.2 Å². The third-order valence-electron chi connectivity index (χ3n) is 8.07. The van der Waals surface area contributed by atoms with Crippen molar-refractivity contribution < 1.29 is 28.9 Å². The zero-order chi connectivity index (χ0) is 32.6. The number of ether oxygens (including phenoxy) is 3. The number of rotatable bonds is 13. The van der Waals surface area contributed by atoms with Gasteiger partial charge in [0.25, 0.3) is 11.7 Å². The lowest BCUT2D eigenvalue weighted by molar-refractivity contribution is -0.139. The van der Waals surface area contributed by atoms with Crippen LogP contribution in [-0.4, -0.2) is 60.9 Å². The Morgan fingerprint density at radius 2 is 1.57 bits per heavy atom. The van der Waals surface area contributed by atoms with Crippen LogP contribution in [0.3, 0.4) is 0 Å². The molecule has 1 amide bonds. The number of aryl methyl sites for hydroxylation is 1. The van der Waals surface area contributed by atoms with Gasteiger partial charge < -0.3 is 29.1 Å². The number of likely N-dealkylation sites (tertiary alicyclic amines) is 1. The molecule has 0 saturated carbocycles. The maximum absolute atomic E-state index is 13.6. The Bertz CT molecular complexity index is 1700. The first kappa shape index (κ1) is 32.3. The summed E-state index contributed by atoms with van der Waals surface area (Å²) in [5.41, 5.74) is 4.30. The lowest BCUT2D eigenvalue weighted by atomic mass is 9.95. The summed E-state index contributed by atoms with van der Waals surface area (Å²) in [6, 6.07) is 29.2. The number of aliphatic hydroxyl groups is 1. The Morgan fingerprint density at radius 1 is 0.848 bits per heavy atom. The fourth-order valence-electron chi connectivity index (χ4n) is 5.52. The van der Waals surface area contributed by atoms with Crippen LogP contribution in [0.4, 0.5) is 0 Å². The van der Waals surface area contributed by atoms with Gasteiger partial charge in [0, 0.05) is 12.1 Å². The van der Waals surface area contributed by atoms with Gasteiger partial charge in [-0.15, -0.1) is 0 Å². The minimum atomic E-state index is -0.809. The minimum Gasteiger partial charge on any atom is -0.507 e. The van der Waals surface area contributed by atoms with Crippen molar-refractivity contribution in [1.29, 1.82) is 0 Å². The van der Waals surface area contributed by atoms with Crippen LogP contribution >= 0.6 is 0 Å². The van der Waals surface area contributed by atoms with E-state index in [-0.39, 0.29) is 11.3 Å². The molecule has 238 valence electrons. The molecule has 5 rings (SSSR count). The lowest BCUT2D eigenvalue weighted by Crippen LogP contribution is -2.32. The summed E-state index contributed by atoms with van der Waals surface area (Å²) >= 11 is 0. The molecule has 8 heteroatoms. The Labute approximate surface area is 270 Å². The Balaban J connectivity index is 1.45. The first-order valence-electron chi connectivity index (χ1n) is 15.3. The van der Waals surface area contributed by atoms with Crippen molar-refractivity contribution >= 4 is 17.4 Å². The van der Waals surface area contributed by atoms with Crippen molar-refractivity contribution in [3.63, 3.8) is 0 Å². The number of hydrogen-bond donors (Lipinski definition) is 1. The van der Waals surface area contributed by atoms with E-state index in [1.807, 2.05) is 86.6 Å². The molecule has 0 spiro atoms. The molecule has 1 saturated heterocycles. The van der Waals surface area contributed by atoms with Gasteiger partial charge in [0.05, 0.1) is 18.7 Å². The van der Waals surface area contributed by atoms with Gasteiger partial charge in [-0.25, -0.2) is 0 Å². The maximum Gasteiger partial charge on any atom is 0.295 e. The number of benzene rings is 4. The van der Waals surface area contributed by atoms with E-state index in [2.05, 4.69) is 0 Å². The fraction of sp³-hybridized carbons (Fsp3) is 0.263. The molecule has 1 aliphatic rings. The van der Waals surface area contributed by atoms with Crippen LogP contribution in [0.15, 0.2) is 103 Å². The van der Waals surface area contributed by atoms with Crippen molar-refractivity contribution in [2.24, 2.45) is 0 Å². The molecular formula is C38H40N2O6. The summed E-state index contributed by atoms with van der Waals surface area (Å²) in [5.74, 6) is -0.00511. The monoisotopic (exact) mass is 620 g/mol. The number of methoxy groups -OCH3 is 1. The topological polar surface area (TPSA) is 88.5 Å². The zero-order valence-electron chi connectivity index (χ0n) is 26.7. The van der Waals surface area contributed by atoms with Crippen molar-refractivity contribution in [1.82, 2.24) is 9.80 Å². The van der Waals surface area contributed by atoms with E-state index in [0.29, 0.717) is 54.6 Å². The third-order valence-corrected chi connectivity index (χ3v) is 8.07. The fourth-order valence-corrected chi connectivity index (χ4v) is 5.52. The Hall–Kier alpha value is -5.08. The van der Waals surface area contributed by atoms with Crippen LogP contribution in [0.1, 0.15) is 40.3 Å². The highest BCUT2D eigenvalue weighted by molar-refractivity contribution is 6.46. The first-order chi connectivity index (χ1) is 22.3. The highest BCUT2D eigenvalue weighted by atomic mass is 16.5. The van der Waals surface area contributed by atoms with Gasteiger partial charge in [-0.1, -0.05) is 60.7 Å². The standard InChI is InChI=1S/C38H40N2O6/c1-26-11-8-9-14-30(26)25-45-31-18-15-28(16-19-31)36(41)34-35(40(38(43)37(34)42)22-10-21-39(2)3)29-17-20-32(33(23-29)44-4)46-24-27-12-6-5-7-13-27/h5-9,11-20,23,35,41H,10,21-22,24-25H2,1-4H3/b36-34+. The smallest absolute Gasteiger partial charge is 0.295 e. The Morgan fingerprint density at radius 3 is 2.26 bits per heavy atom. The number of ketones is 1. The SMILES string of the molecule is COc1cc(C2/C(=C(\O)c3ccc(OCc4ccccc4C)cc3)C(=O)C(=O)N2CCCN(C)C)ccc1OCc1ccccc1. The second-order valence-corrected chi connectivity index (χ2v) is 11.6. The predicted octanol–water partition coefficient (Wildman–Crippen LogP) is 6.54. The van der Waals surface area contributed by atoms with E-state index in [4.69, 9.17) is 14.2 Å². The highest BCUT2D eigenvalue weighted by Crippen LogP contribution is 2.42. The molecule has 0 bridgehead atoms. The van der Waals surface area contributed by atoms with Gasteiger partial charge in [0.1, 0.15) is 24.7 Å². The summed E-state index contributed by atoms with van der Waals surface area (Å²) in [5, 5.41) is 11.6. The molecule has 1 atom stereocenters. The molecule has 46 heavy (non-hydrogen) atoms. The van der Waals surface area contributed by atoms with E-state index < -0.39 is 17.7 Å². The van der Waals surface area contributed by atoms with E-state index in [0.717, 1.165) is 23.2 Å². The summed E-state index contributed by atoms with van der Waals surface area (Å²) < 4.78 is 17.7. The Kier molecular flexibility index (Phi) is 10.4. The van der Waals surface area contributed by atoms with Crippen LogP contribution in [0.5, 0.6) is 17.2 Å². The van der Waals surface area contributed by atoms with Crippen molar-refractivity contribution in [3.8, 4) is 17.2 Å². The minimum absolute atomic E-state index is 0.0310. The summed E-state index contributed by atoms with van der Waals surface area (Å²) in [6.07, 6.45) is 0.652. The molecule has 0 aliphatic carbocycles. The van der Waals surface area contributed by atoms with E-state index in [1.165, 1.54) is 4.90 Å². The van der Waals surface area contributed by atoms with Gasteiger partial charge in [0.2, 0.25) is 0 Å². The summed E-state index contributed by atoms with van der Waals surface area (Å²) in [6.45, 7) is 3.86. The second kappa shape index (κ2) is 14.8. The molecule has 1 aliphatic heterocycles. The summed E-state index contributed by atoms with van der Waals surface area (Å²) in [7, 11) is 5.46. The van der Waals surface area contributed by atoms with Gasteiger partial charge in [-0.3, -0.25) is 9.59 Å². The van der Waals surface area contributed by atoms with Gasteiger partial charge >= 0.3 is 0 Å². The van der Waals surface area contributed by atoms with E-state index >= 15 is 0 Å². The predicted molar refractivity (Wildman–Crippen MR) is 178 cm³/mol. The number of carbonyl (C=O) groups excluding carboxylic acids is 2. The average Bonchev–Trinajstić information content (AvgIpc) is 3.32. The zero-order valence-corrected chi connectivity index (χ0v) is 26.7. The average molecular weight is 621 g/mol. The molecule has 0 radical (unpaired) electrons. The van der Waals surface area contributed by atoms with Crippen molar-refractivity contribution in [2.75, 3.05) is 34.3 Å². The molecule has 8 nitrogen and oxygen atoms in total. The number of aliphatic hydroxyl groups excluding tert-OH is 1. The van der Waals surface area contributed by atoms with Crippen LogP contribution in [-0.2, 0) is 22.8 Å². The lowest BCUT2D eigenvalue weighted by Gasteiger charge is -2.26. The maximum atomic E-state index is 13.6. The molecular weight excluding hydrogens is 580 g/mol. The van der Waals surface area contributed by atoms with Crippen molar-refractivity contribution in [2.45, 2.75) is 32.6 Å². The number of carbonyl (C=O) groups is 2. The highest BCUT2D eigenvalue weighted by Gasteiger charge is 2.46. The number of amides is 1. The van der Waals surface area contributed by atoms with Gasteiger partial charge in [-0.05, 0) is 92.6 Å². The quantitative estimate of drug-likeness (QED) is 0.103. The first-order valence-corrected chi connectivity index (χ1v) is 15.3. The van der Waals surface area contributed by atoms with Crippen LogP contribution in [0.25, 0.3) is 5.76 Å². The molecule has 1 N–H and O–H groups in total. The number of nitrogens with zero attached hydrogens (tertiary/aromatic N) is 2.